The van der Waals surface area contributed by atoms with E-state index in [2.05, 4.69) is 4.98 Å². The molecule has 0 saturated heterocycles. The molecule has 0 aliphatic rings. The number of fused-ring (bicyclic) bond motifs is 1. The molecule has 0 aliphatic heterocycles. The second-order valence-electron chi connectivity index (χ2n) is 3.03. The zero-order chi connectivity index (χ0) is 11.4. The Labute approximate surface area is 93.9 Å². The summed E-state index contributed by atoms with van der Waals surface area (Å²) in [5.41, 5.74) is 1.67. The molecule has 2 rings (SSSR count). The van der Waals surface area contributed by atoms with E-state index in [9.17, 15) is 4.79 Å². The maximum absolute atomic E-state index is 11.0. The molecule has 0 spiro atoms. The van der Waals surface area contributed by atoms with Crippen molar-refractivity contribution in [3.63, 3.8) is 0 Å². The Hall–Kier alpha value is -1.28. The van der Waals surface area contributed by atoms with Crippen LogP contribution in [0, 0.1) is 6.92 Å². The molecule has 1 N–H and O–H groups in total. The summed E-state index contributed by atoms with van der Waals surface area (Å²) >= 11 is 5.96. The number of aromatic nitrogens is 1. The lowest BCUT2D eigenvalue weighted by Gasteiger charge is -2.01. The van der Waals surface area contributed by atoms with E-state index >= 15 is 0 Å². The number of aryl methyl sites for hydroxylation is 1. The van der Waals surface area contributed by atoms with Crippen molar-refractivity contribution in [2.24, 2.45) is 0 Å². The standard InChI is InChI=1S/C10H8ClNO.C2H6/c1-6-4-7-2-3-9(13)12-10(7)8(11)5-6;1-2/h2-5H,1H3,(H,12,13);1-2H3. The normalized spacial score (nSPS) is 9.60. The van der Waals surface area contributed by atoms with Crippen LogP contribution in [0.1, 0.15) is 19.4 Å². The highest BCUT2D eigenvalue weighted by molar-refractivity contribution is 6.35. The lowest BCUT2D eigenvalue weighted by Crippen LogP contribution is -2.02. The van der Waals surface area contributed by atoms with Gasteiger partial charge in [0.15, 0.2) is 0 Å². The maximum atomic E-state index is 11.0. The molecular weight excluding hydrogens is 210 g/mol. The van der Waals surface area contributed by atoms with Gasteiger partial charge in [0.05, 0.1) is 10.5 Å². The quantitative estimate of drug-likeness (QED) is 0.729. The smallest absolute Gasteiger partial charge is 0.248 e. The fraction of sp³-hybridized carbons (Fsp3) is 0.250. The molecule has 2 aromatic rings. The molecule has 0 atom stereocenters. The van der Waals surface area contributed by atoms with Crippen molar-refractivity contribution in [1.29, 1.82) is 0 Å². The van der Waals surface area contributed by atoms with Crippen molar-refractivity contribution in [2.75, 3.05) is 0 Å². The third-order valence-corrected chi connectivity index (χ3v) is 2.23. The molecule has 1 heterocycles. The summed E-state index contributed by atoms with van der Waals surface area (Å²) in [6.45, 7) is 5.97. The number of H-pyrrole nitrogens is 1. The van der Waals surface area contributed by atoms with Crippen molar-refractivity contribution >= 4 is 22.5 Å². The van der Waals surface area contributed by atoms with Gasteiger partial charge in [-0.2, -0.15) is 0 Å². The zero-order valence-corrected chi connectivity index (χ0v) is 9.85. The first-order chi connectivity index (χ1) is 7.16. The van der Waals surface area contributed by atoms with Crippen LogP contribution in [0.4, 0.5) is 0 Å². The second kappa shape index (κ2) is 4.99. The van der Waals surface area contributed by atoms with Gasteiger partial charge in [0, 0.05) is 11.5 Å². The van der Waals surface area contributed by atoms with E-state index < -0.39 is 0 Å². The molecule has 15 heavy (non-hydrogen) atoms. The van der Waals surface area contributed by atoms with Crippen LogP contribution in [0.25, 0.3) is 10.9 Å². The lowest BCUT2D eigenvalue weighted by atomic mass is 10.1. The molecule has 3 heteroatoms. The molecule has 0 radical (unpaired) electrons. The number of benzene rings is 1. The van der Waals surface area contributed by atoms with Crippen LogP contribution in [0.15, 0.2) is 29.1 Å². The summed E-state index contributed by atoms with van der Waals surface area (Å²) in [7, 11) is 0. The number of rotatable bonds is 0. The number of pyridine rings is 1. The van der Waals surface area contributed by atoms with Gasteiger partial charge in [0.1, 0.15) is 0 Å². The largest absolute Gasteiger partial charge is 0.321 e. The minimum atomic E-state index is -0.127. The first kappa shape index (κ1) is 11.8. The van der Waals surface area contributed by atoms with E-state index in [1.165, 1.54) is 6.07 Å². The van der Waals surface area contributed by atoms with Gasteiger partial charge in [0.2, 0.25) is 5.56 Å². The van der Waals surface area contributed by atoms with Crippen molar-refractivity contribution in [3.05, 3.63) is 45.2 Å². The lowest BCUT2D eigenvalue weighted by molar-refractivity contribution is 1.30. The number of nitrogens with one attached hydrogen (secondary N) is 1. The van der Waals surface area contributed by atoms with Gasteiger partial charge in [-0.1, -0.05) is 25.4 Å². The number of aromatic amines is 1. The molecule has 0 aliphatic carbocycles. The summed E-state index contributed by atoms with van der Waals surface area (Å²) in [4.78, 5) is 13.7. The predicted octanol–water partition coefficient (Wildman–Crippen LogP) is 3.52. The van der Waals surface area contributed by atoms with Crippen LogP contribution in [-0.4, -0.2) is 4.98 Å². The van der Waals surface area contributed by atoms with Crippen LogP contribution < -0.4 is 5.56 Å². The minimum Gasteiger partial charge on any atom is -0.321 e. The summed E-state index contributed by atoms with van der Waals surface area (Å²) in [6, 6.07) is 7.09. The fourth-order valence-corrected chi connectivity index (χ4v) is 1.69. The molecule has 0 unspecified atom stereocenters. The van der Waals surface area contributed by atoms with E-state index in [-0.39, 0.29) is 5.56 Å². The van der Waals surface area contributed by atoms with Gasteiger partial charge >= 0.3 is 0 Å². The Morgan fingerprint density at radius 3 is 2.53 bits per heavy atom. The number of halogens is 1. The molecule has 80 valence electrons. The van der Waals surface area contributed by atoms with Gasteiger partial charge in [-0.15, -0.1) is 0 Å². The summed E-state index contributed by atoms with van der Waals surface area (Å²) in [5, 5.41) is 1.55. The molecular formula is C12H14ClNO. The Bertz CT molecular complexity index is 517. The Morgan fingerprint density at radius 2 is 1.87 bits per heavy atom. The van der Waals surface area contributed by atoms with E-state index in [1.54, 1.807) is 6.07 Å². The van der Waals surface area contributed by atoms with Gasteiger partial charge in [0.25, 0.3) is 0 Å². The van der Waals surface area contributed by atoms with Crippen LogP contribution in [0.5, 0.6) is 0 Å². The molecule has 2 nitrogen and oxygen atoms in total. The van der Waals surface area contributed by atoms with Gasteiger partial charge in [-0.25, -0.2) is 0 Å². The second-order valence-corrected chi connectivity index (χ2v) is 3.44. The third kappa shape index (κ3) is 2.60. The molecule has 0 amide bonds. The van der Waals surface area contributed by atoms with Crippen LogP contribution in [-0.2, 0) is 0 Å². The molecule has 0 fully saturated rings. The fourth-order valence-electron chi connectivity index (χ4n) is 1.36. The highest BCUT2D eigenvalue weighted by atomic mass is 35.5. The summed E-state index contributed by atoms with van der Waals surface area (Å²) in [5.74, 6) is 0. The predicted molar refractivity (Wildman–Crippen MR) is 65.7 cm³/mol. The highest BCUT2D eigenvalue weighted by Gasteiger charge is 2.00. The minimum absolute atomic E-state index is 0.127. The molecule has 0 bridgehead atoms. The molecule has 1 aromatic carbocycles. The van der Waals surface area contributed by atoms with E-state index in [0.29, 0.717) is 10.5 Å². The first-order valence-electron chi connectivity index (χ1n) is 4.96. The Balaban J connectivity index is 0.000000531. The van der Waals surface area contributed by atoms with E-state index in [0.717, 1.165) is 10.9 Å². The van der Waals surface area contributed by atoms with E-state index in [1.807, 2.05) is 32.9 Å². The van der Waals surface area contributed by atoms with Crippen molar-refractivity contribution in [2.45, 2.75) is 20.8 Å². The zero-order valence-electron chi connectivity index (χ0n) is 9.10. The topological polar surface area (TPSA) is 32.9 Å². The van der Waals surface area contributed by atoms with E-state index in [4.69, 9.17) is 11.6 Å². The SMILES string of the molecule is CC.Cc1cc(Cl)c2[nH]c(=O)ccc2c1. The average molecular weight is 224 g/mol. The van der Waals surface area contributed by atoms with Crippen molar-refractivity contribution in [1.82, 2.24) is 4.98 Å². The maximum Gasteiger partial charge on any atom is 0.248 e. The summed E-state index contributed by atoms with van der Waals surface area (Å²) in [6.07, 6.45) is 0. The van der Waals surface area contributed by atoms with Crippen LogP contribution in [0.2, 0.25) is 5.02 Å². The number of hydrogen-bond acceptors (Lipinski definition) is 1. The van der Waals surface area contributed by atoms with Crippen molar-refractivity contribution < 1.29 is 0 Å². The average Bonchev–Trinajstić information content (AvgIpc) is 2.22. The third-order valence-electron chi connectivity index (χ3n) is 1.93. The highest BCUT2D eigenvalue weighted by Crippen LogP contribution is 2.21. The van der Waals surface area contributed by atoms with Gasteiger partial charge < -0.3 is 4.98 Å². The van der Waals surface area contributed by atoms with Crippen LogP contribution in [0.3, 0.4) is 0 Å². The summed E-state index contributed by atoms with van der Waals surface area (Å²) < 4.78 is 0. The first-order valence-corrected chi connectivity index (χ1v) is 5.34. The Kier molecular flexibility index (Phi) is 3.92. The monoisotopic (exact) mass is 223 g/mol. The number of hydrogen-bond donors (Lipinski definition) is 1. The Morgan fingerprint density at radius 1 is 1.20 bits per heavy atom. The van der Waals surface area contributed by atoms with Crippen LogP contribution >= 0.6 is 11.6 Å². The van der Waals surface area contributed by atoms with Gasteiger partial charge in [-0.3, -0.25) is 4.79 Å². The van der Waals surface area contributed by atoms with Crippen molar-refractivity contribution in [3.8, 4) is 0 Å². The molecule has 1 aromatic heterocycles. The molecule has 0 saturated carbocycles. The van der Waals surface area contributed by atoms with Gasteiger partial charge in [-0.05, 0) is 30.7 Å².